The highest BCUT2D eigenvalue weighted by Crippen LogP contribution is 2.28. The third-order valence-electron chi connectivity index (χ3n) is 6.25. The molecule has 1 aliphatic carbocycles. The molecular formula is C27H29N5OS. The van der Waals surface area contributed by atoms with Crippen molar-refractivity contribution in [2.24, 2.45) is 5.73 Å². The minimum absolute atomic E-state index is 0.159. The van der Waals surface area contributed by atoms with Crippen LogP contribution >= 0.6 is 11.3 Å². The van der Waals surface area contributed by atoms with Gasteiger partial charge in [-0.25, -0.2) is 0 Å². The Morgan fingerprint density at radius 2 is 2.09 bits per heavy atom. The van der Waals surface area contributed by atoms with Gasteiger partial charge in [0.1, 0.15) is 5.66 Å². The van der Waals surface area contributed by atoms with Crippen LogP contribution in [0.3, 0.4) is 0 Å². The molecule has 7 heteroatoms. The molecule has 0 spiro atoms. The molecule has 0 radical (unpaired) electrons. The van der Waals surface area contributed by atoms with Gasteiger partial charge in [-0.2, -0.15) is 0 Å². The Morgan fingerprint density at radius 3 is 2.85 bits per heavy atom. The number of thiophene rings is 1. The third-order valence-corrected chi connectivity index (χ3v) is 7.16. The van der Waals surface area contributed by atoms with Gasteiger partial charge in [0.15, 0.2) is 0 Å². The first-order valence-corrected chi connectivity index (χ1v) is 12.5. The van der Waals surface area contributed by atoms with E-state index in [1.165, 1.54) is 5.56 Å². The normalized spacial score (nSPS) is 22.4. The predicted octanol–water partition coefficient (Wildman–Crippen LogP) is 4.26. The van der Waals surface area contributed by atoms with Crippen LogP contribution in [0, 0.1) is 0 Å². The van der Waals surface area contributed by atoms with Crippen LogP contribution < -0.4 is 16.4 Å². The number of carbonyl (C=O) groups excluding carboxylic acids is 1. The van der Waals surface area contributed by atoms with E-state index in [-0.39, 0.29) is 5.91 Å². The summed E-state index contributed by atoms with van der Waals surface area (Å²) in [5.41, 5.74) is 9.56. The summed E-state index contributed by atoms with van der Waals surface area (Å²) in [5.74, 6) is -0.159. The second kappa shape index (κ2) is 9.93. The maximum absolute atomic E-state index is 12.9. The van der Waals surface area contributed by atoms with Crippen molar-refractivity contribution in [3.8, 4) is 0 Å². The number of aromatic nitrogens is 1. The largest absolute Gasteiger partial charge is 0.380 e. The van der Waals surface area contributed by atoms with Crippen LogP contribution in [0.1, 0.15) is 33.6 Å². The van der Waals surface area contributed by atoms with Crippen molar-refractivity contribution < 1.29 is 4.79 Å². The number of carbonyl (C=O) groups is 1. The zero-order valence-electron chi connectivity index (χ0n) is 19.0. The van der Waals surface area contributed by atoms with Crippen molar-refractivity contribution in [2.45, 2.75) is 31.1 Å². The maximum Gasteiger partial charge on any atom is 0.252 e. The van der Waals surface area contributed by atoms with Crippen molar-refractivity contribution in [3.63, 3.8) is 0 Å². The lowest BCUT2D eigenvalue weighted by Crippen LogP contribution is -2.54. The summed E-state index contributed by atoms with van der Waals surface area (Å²) in [4.78, 5) is 20.7. The molecule has 4 N–H and O–H groups in total. The van der Waals surface area contributed by atoms with E-state index in [9.17, 15) is 4.79 Å². The van der Waals surface area contributed by atoms with Gasteiger partial charge in [0.2, 0.25) is 0 Å². The average molecular weight is 472 g/mol. The molecule has 174 valence electrons. The van der Waals surface area contributed by atoms with Gasteiger partial charge in [-0.3, -0.25) is 14.7 Å². The number of rotatable bonds is 7. The van der Waals surface area contributed by atoms with Gasteiger partial charge in [0.05, 0.1) is 5.69 Å². The molecule has 0 bridgehead atoms. The molecule has 1 aliphatic heterocycles. The number of hydrogen-bond donors (Lipinski definition) is 3. The lowest BCUT2D eigenvalue weighted by molar-refractivity contribution is 0.0919. The lowest BCUT2D eigenvalue weighted by atomic mass is 9.95. The number of allylic oxidation sites excluding steroid dienone is 2. The molecule has 1 aromatic carbocycles. The fourth-order valence-electron chi connectivity index (χ4n) is 4.53. The second-order valence-corrected chi connectivity index (χ2v) is 9.93. The number of nitrogens with zero attached hydrogens (tertiary/aromatic N) is 2. The molecule has 0 saturated carbocycles. The molecule has 3 aromatic rings. The third kappa shape index (κ3) is 5.44. The van der Waals surface area contributed by atoms with E-state index in [0.29, 0.717) is 18.0 Å². The molecule has 1 saturated heterocycles. The SMILES string of the molecule is NC1(NC(=O)c2ccc(CN3CC[C@H](Nc4cccnc4)C3)cc2)C=C(c2cccs2)C=CC1. The molecule has 2 aromatic heterocycles. The molecular weight excluding hydrogens is 442 g/mol. The van der Waals surface area contributed by atoms with Crippen molar-refractivity contribution in [1.82, 2.24) is 15.2 Å². The second-order valence-electron chi connectivity index (χ2n) is 8.98. The number of hydrogen-bond acceptors (Lipinski definition) is 6. The van der Waals surface area contributed by atoms with E-state index >= 15 is 0 Å². The molecule has 1 amide bonds. The maximum atomic E-state index is 12.9. The van der Waals surface area contributed by atoms with E-state index in [2.05, 4.69) is 32.7 Å². The number of pyridine rings is 1. The first-order chi connectivity index (χ1) is 16.6. The lowest BCUT2D eigenvalue weighted by Gasteiger charge is -2.29. The summed E-state index contributed by atoms with van der Waals surface area (Å²) in [7, 11) is 0. The molecule has 6 nitrogen and oxygen atoms in total. The highest BCUT2D eigenvalue weighted by molar-refractivity contribution is 7.11. The number of likely N-dealkylation sites (tertiary alicyclic amines) is 1. The first-order valence-electron chi connectivity index (χ1n) is 11.6. The predicted molar refractivity (Wildman–Crippen MR) is 138 cm³/mol. The molecule has 2 aliphatic rings. The Bertz CT molecular complexity index is 1170. The van der Waals surface area contributed by atoms with Crippen molar-refractivity contribution >= 4 is 28.5 Å². The summed E-state index contributed by atoms with van der Waals surface area (Å²) >= 11 is 1.66. The van der Waals surface area contributed by atoms with Crippen LogP contribution in [0.5, 0.6) is 0 Å². The van der Waals surface area contributed by atoms with E-state index in [0.717, 1.165) is 42.2 Å². The number of nitrogens with two attached hydrogens (primary N) is 1. The van der Waals surface area contributed by atoms with Gasteiger partial charge in [0, 0.05) is 54.9 Å². The van der Waals surface area contributed by atoms with Gasteiger partial charge in [-0.1, -0.05) is 30.4 Å². The van der Waals surface area contributed by atoms with Gasteiger partial charge in [-0.15, -0.1) is 11.3 Å². The summed E-state index contributed by atoms with van der Waals surface area (Å²) < 4.78 is 0. The number of amides is 1. The standard InChI is InChI=1S/C27H29N5OS/c28-27(12-1-4-22(16-27)25-6-3-15-34-25)31-26(33)21-9-7-20(8-10-21)18-32-14-11-24(19-32)30-23-5-2-13-29-17-23/h1-10,13,15-17,24,30H,11-12,14,18-19,28H2,(H,31,33)/t24-,27?/m0/s1. The van der Waals surface area contributed by atoms with E-state index in [1.54, 1.807) is 17.5 Å². The van der Waals surface area contributed by atoms with Crippen LogP contribution in [0.2, 0.25) is 0 Å². The highest BCUT2D eigenvalue weighted by Gasteiger charge is 2.27. The zero-order chi connectivity index (χ0) is 23.4. The molecule has 5 rings (SSSR count). The van der Waals surface area contributed by atoms with E-state index in [4.69, 9.17) is 5.73 Å². The smallest absolute Gasteiger partial charge is 0.252 e. The molecule has 1 unspecified atom stereocenters. The average Bonchev–Trinajstić information content (AvgIpc) is 3.53. The Morgan fingerprint density at radius 1 is 1.21 bits per heavy atom. The van der Waals surface area contributed by atoms with Crippen molar-refractivity contribution in [3.05, 3.63) is 101 Å². The van der Waals surface area contributed by atoms with Gasteiger partial charge in [-0.05, 0) is 59.3 Å². The summed E-state index contributed by atoms with van der Waals surface area (Å²) in [6.07, 6.45) is 11.3. The summed E-state index contributed by atoms with van der Waals surface area (Å²) in [6.45, 7) is 2.90. The fraction of sp³-hybridized carbons (Fsp3) is 0.259. The number of nitrogens with one attached hydrogen (secondary N) is 2. The fourth-order valence-corrected chi connectivity index (χ4v) is 5.25. The minimum atomic E-state index is -0.893. The van der Waals surface area contributed by atoms with Gasteiger partial charge < -0.3 is 16.4 Å². The molecule has 3 heterocycles. The van der Waals surface area contributed by atoms with Crippen LogP contribution in [0.4, 0.5) is 5.69 Å². The van der Waals surface area contributed by atoms with E-state index in [1.807, 2.05) is 66.2 Å². The van der Waals surface area contributed by atoms with Gasteiger partial charge >= 0.3 is 0 Å². The summed E-state index contributed by atoms with van der Waals surface area (Å²) in [6, 6.07) is 16.3. The van der Waals surface area contributed by atoms with Gasteiger partial charge in [0.25, 0.3) is 5.91 Å². The molecule has 34 heavy (non-hydrogen) atoms. The minimum Gasteiger partial charge on any atom is -0.380 e. The zero-order valence-corrected chi connectivity index (χ0v) is 19.8. The van der Waals surface area contributed by atoms with Crippen molar-refractivity contribution in [2.75, 3.05) is 18.4 Å². The van der Waals surface area contributed by atoms with Crippen LogP contribution in [0.15, 0.2) is 84.5 Å². The quantitative estimate of drug-likeness (QED) is 0.449. The summed E-state index contributed by atoms with van der Waals surface area (Å²) in [5, 5.41) is 8.61. The van der Waals surface area contributed by atoms with Crippen LogP contribution in [0.25, 0.3) is 5.57 Å². The van der Waals surface area contributed by atoms with Crippen LogP contribution in [-0.2, 0) is 6.54 Å². The Hall–Kier alpha value is -3.26. The van der Waals surface area contributed by atoms with Crippen molar-refractivity contribution in [1.29, 1.82) is 0 Å². The number of anilines is 1. The Labute approximate surface area is 204 Å². The number of benzene rings is 1. The van der Waals surface area contributed by atoms with E-state index < -0.39 is 5.66 Å². The topological polar surface area (TPSA) is 83.3 Å². The Kier molecular flexibility index (Phi) is 6.58. The molecule has 2 atom stereocenters. The monoisotopic (exact) mass is 471 g/mol. The van der Waals surface area contributed by atoms with Crippen LogP contribution in [-0.4, -0.2) is 40.6 Å². The molecule has 1 fully saturated rings. The first kappa shape index (κ1) is 22.5. The highest BCUT2D eigenvalue weighted by atomic mass is 32.1. The Balaban J connectivity index is 1.16.